The van der Waals surface area contributed by atoms with Crippen molar-refractivity contribution in [3.8, 4) is 22.8 Å². The topological polar surface area (TPSA) is 61.8 Å². The van der Waals surface area contributed by atoms with E-state index in [0.717, 1.165) is 10.8 Å². The Morgan fingerprint density at radius 3 is 2.00 bits per heavy atom. The summed E-state index contributed by atoms with van der Waals surface area (Å²) in [6.45, 7) is 0. The molecule has 2 aromatic heterocycles. The Bertz CT molecular complexity index is 1100. The Morgan fingerprint density at radius 1 is 0.792 bits per heavy atom. The lowest BCUT2D eigenvalue weighted by Crippen LogP contribution is -2.02. The van der Waals surface area contributed by atoms with Crippen LogP contribution in [0.15, 0.2) is 62.2 Å². The van der Waals surface area contributed by atoms with Crippen molar-refractivity contribution >= 4 is 21.9 Å². The van der Waals surface area contributed by atoms with Gasteiger partial charge >= 0.3 is 5.63 Å². The second kappa shape index (κ2) is 5.45. The third kappa shape index (κ3) is 2.13. The maximum atomic E-state index is 12.4. The van der Waals surface area contributed by atoms with E-state index in [-0.39, 0.29) is 0 Å². The summed E-state index contributed by atoms with van der Waals surface area (Å²) in [7, 11) is 3.11. The molecule has 2 aromatic carbocycles. The molecular weight excluding hydrogens is 308 g/mol. The average Bonchev–Trinajstić information content (AvgIpc) is 3.04. The highest BCUT2D eigenvalue weighted by Gasteiger charge is 2.16. The zero-order chi connectivity index (χ0) is 16.7. The molecule has 0 spiro atoms. The number of hydrogen-bond donors (Lipinski definition) is 0. The Labute approximate surface area is 137 Å². The van der Waals surface area contributed by atoms with Gasteiger partial charge in [0, 0.05) is 10.8 Å². The first-order valence-corrected chi connectivity index (χ1v) is 7.39. The van der Waals surface area contributed by atoms with Gasteiger partial charge < -0.3 is 18.3 Å². The summed E-state index contributed by atoms with van der Waals surface area (Å²) in [4.78, 5) is 12.4. The van der Waals surface area contributed by atoms with Crippen molar-refractivity contribution in [2.45, 2.75) is 0 Å². The van der Waals surface area contributed by atoms with Crippen LogP contribution in [0.4, 0.5) is 0 Å². The predicted molar refractivity (Wildman–Crippen MR) is 90.8 cm³/mol. The van der Waals surface area contributed by atoms with E-state index in [2.05, 4.69) is 0 Å². The van der Waals surface area contributed by atoms with E-state index < -0.39 is 5.63 Å². The van der Waals surface area contributed by atoms with E-state index in [9.17, 15) is 4.79 Å². The first-order valence-electron chi connectivity index (χ1n) is 7.39. The Kier molecular flexibility index (Phi) is 3.27. The largest absolute Gasteiger partial charge is 0.493 e. The number of benzene rings is 2. The highest BCUT2D eigenvalue weighted by atomic mass is 16.5. The third-order valence-electron chi connectivity index (χ3n) is 3.94. The molecule has 0 saturated heterocycles. The van der Waals surface area contributed by atoms with Crippen LogP contribution in [-0.4, -0.2) is 14.2 Å². The zero-order valence-electron chi connectivity index (χ0n) is 13.2. The van der Waals surface area contributed by atoms with Gasteiger partial charge in [-0.05, 0) is 24.3 Å². The molecule has 0 amide bonds. The molecule has 120 valence electrons. The maximum Gasteiger partial charge on any atom is 0.347 e. The predicted octanol–water partition coefficient (Wildman–Crippen LogP) is 4.22. The second-order valence-corrected chi connectivity index (χ2v) is 5.32. The van der Waals surface area contributed by atoms with Crippen LogP contribution >= 0.6 is 0 Å². The number of rotatable bonds is 3. The highest BCUT2D eigenvalue weighted by Crippen LogP contribution is 2.34. The number of furan rings is 1. The molecule has 0 unspecified atom stereocenters. The van der Waals surface area contributed by atoms with Gasteiger partial charge in [0.15, 0.2) is 22.7 Å². The Morgan fingerprint density at radius 2 is 1.38 bits per heavy atom. The zero-order valence-corrected chi connectivity index (χ0v) is 13.2. The van der Waals surface area contributed by atoms with Crippen LogP contribution in [-0.2, 0) is 0 Å². The SMILES string of the molecule is COc1cccc2cc(-c3cc4cccc(OC)c4oc3=O)oc12. The van der Waals surface area contributed by atoms with Crippen molar-refractivity contribution in [3.05, 3.63) is 59.0 Å². The number of hydrogen-bond acceptors (Lipinski definition) is 5. The van der Waals surface area contributed by atoms with Gasteiger partial charge in [-0.2, -0.15) is 0 Å². The summed E-state index contributed by atoms with van der Waals surface area (Å²) in [5, 5.41) is 1.62. The number of para-hydroxylation sites is 2. The van der Waals surface area contributed by atoms with Crippen LogP contribution in [0.2, 0.25) is 0 Å². The van der Waals surface area contributed by atoms with Crippen molar-refractivity contribution in [2.24, 2.45) is 0 Å². The lowest BCUT2D eigenvalue weighted by atomic mass is 10.1. The summed E-state index contributed by atoms with van der Waals surface area (Å²) in [6, 6.07) is 14.6. The van der Waals surface area contributed by atoms with Crippen LogP contribution in [0.5, 0.6) is 11.5 Å². The molecule has 0 aliphatic carbocycles. The second-order valence-electron chi connectivity index (χ2n) is 5.32. The molecule has 0 aliphatic rings. The molecule has 0 N–H and O–H groups in total. The summed E-state index contributed by atoms with van der Waals surface area (Å²) in [5.74, 6) is 1.57. The van der Waals surface area contributed by atoms with Gasteiger partial charge in [-0.25, -0.2) is 4.79 Å². The minimum absolute atomic E-state index is 0.356. The molecule has 0 bridgehead atoms. The van der Waals surface area contributed by atoms with Crippen molar-refractivity contribution in [1.29, 1.82) is 0 Å². The van der Waals surface area contributed by atoms with Gasteiger partial charge in [0.1, 0.15) is 11.3 Å². The smallest absolute Gasteiger partial charge is 0.347 e. The van der Waals surface area contributed by atoms with Crippen molar-refractivity contribution in [1.82, 2.24) is 0 Å². The normalized spacial score (nSPS) is 11.1. The van der Waals surface area contributed by atoms with Crippen LogP contribution in [0.3, 0.4) is 0 Å². The van der Waals surface area contributed by atoms with E-state index >= 15 is 0 Å². The fraction of sp³-hybridized carbons (Fsp3) is 0.105. The van der Waals surface area contributed by atoms with Crippen LogP contribution < -0.4 is 15.1 Å². The van der Waals surface area contributed by atoms with E-state index in [1.165, 1.54) is 7.11 Å². The number of ether oxygens (including phenoxy) is 2. The van der Waals surface area contributed by atoms with E-state index in [1.807, 2.05) is 30.3 Å². The minimum atomic E-state index is -0.481. The van der Waals surface area contributed by atoms with Crippen LogP contribution in [0.25, 0.3) is 33.3 Å². The van der Waals surface area contributed by atoms with Gasteiger partial charge in [0.2, 0.25) is 0 Å². The van der Waals surface area contributed by atoms with Crippen LogP contribution in [0.1, 0.15) is 0 Å². The molecule has 5 nitrogen and oxygen atoms in total. The summed E-state index contributed by atoms with van der Waals surface area (Å²) in [6.07, 6.45) is 0. The molecule has 0 saturated carbocycles. The number of fused-ring (bicyclic) bond motifs is 2. The molecule has 0 radical (unpaired) electrons. The lowest BCUT2D eigenvalue weighted by Gasteiger charge is -2.04. The standard InChI is InChI=1S/C19H14O5/c1-21-14-7-4-6-12-10-16(23-17(12)14)13-9-11-5-3-8-15(22-2)18(11)24-19(13)20/h3-10H,1-2H3. The average molecular weight is 322 g/mol. The molecule has 0 fully saturated rings. The molecule has 4 rings (SSSR count). The van der Waals surface area contributed by atoms with E-state index in [1.54, 1.807) is 25.3 Å². The molecule has 0 aliphatic heterocycles. The lowest BCUT2D eigenvalue weighted by molar-refractivity contribution is 0.406. The fourth-order valence-electron chi connectivity index (χ4n) is 2.78. The molecular formula is C19H14O5. The monoisotopic (exact) mass is 322 g/mol. The quantitative estimate of drug-likeness (QED) is 0.528. The number of methoxy groups -OCH3 is 2. The highest BCUT2D eigenvalue weighted by molar-refractivity contribution is 5.90. The van der Waals surface area contributed by atoms with Gasteiger partial charge in [0.05, 0.1) is 14.2 Å². The minimum Gasteiger partial charge on any atom is -0.493 e. The van der Waals surface area contributed by atoms with E-state index in [4.69, 9.17) is 18.3 Å². The third-order valence-corrected chi connectivity index (χ3v) is 3.94. The maximum absolute atomic E-state index is 12.4. The molecule has 2 heterocycles. The molecule has 5 heteroatoms. The molecule has 0 atom stereocenters. The van der Waals surface area contributed by atoms with Gasteiger partial charge in [-0.15, -0.1) is 0 Å². The summed E-state index contributed by atoms with van der Waals surface area (Å²) < 4.78 is 21.8. The fourth-order valence-corrected chi connectivity index (χ4v) is 2.78. The van der Waals surface area contributed by atoms with E-state index in [0.29, 0.717) is 34.0 Å². The van der Waals surface area contributed by atoms with Crippen molar-refractivity contribution < 1.29 is 18.3 Å². The molecule has 4 aromatic rings. The van der Waals surface area contributed by atoms with Gasteiger partial charge in [0.25, 0.3) is 0 Å². The Balaban J connectivity index is 1.97. The van der Waals surface area contributed by atoms with Crippen molar-refractivity contribution in [3.63, 3.8) is 0 Å². The first-order chi connectivity index (χ1) is 11.7. The van der Waals surface area contributed by atoms with Gasteiger partial charge in [-0.1, -0.05) is 24.3 Å². The summed E-state index contributed by atoms with van der Waals surface area (Å²) >= 11 is 0. The van der Waals surface area contributed by atoms with Crippen molar-refractivity contribution in [2.75, 3.05) is 14.2 Å². The van der Waals surface area contributed by atoms with Crippen LogP contribution in [0, 0.1) is 0 Å². The Hall–Kier alpha value is -3.21. The van der Waals surface area contributed by atoms with Gasteiger partial charge in [-0.3, -0.25) is 0 Å². The molecule has 24 heavy (non-hydrogen) atoms. The first kappa shape index (κ1) is 14.4. The summed E-state index contributed by atoms with van der Waals surface area (Å²) in [5.41, 5.74) is 0.890.